The molecule has 1 fully saturated rings. The van der Waals surface area contributed by atoms with Gasteiger partial charge in [-0.15, -0.1) is 0 Å². The lowest BCUT2D eigenvalue weighted by atomic mass is 9.96. The van der Waals surface area contributed by atoms with Crippen LogP contribution in [-0.2, 0) is 11.2 Å². The minimum absolute atomic E-state index is 0.000682. The summed E-state index contributed by atoms with van der Waals surface area (Å²) in [5.74, 6) is 0.0455. The smallest absolute Gasteiger partial charge is 0.227 e. The third-order valence-electron chi connectivity index (χ3n) is 6.14. The van der Waals surface area contributed by atoms with Crippen LogP contribution < -0.4 is 4.73 Å². The Morgan fingerprint density at radius 3 is 2.72 bits per heavy atom. The summed E-state index contributed by atoms with van der Waals surface area (Å²) in [4.78, 5) is 21.8. The number of piperazine rings is 1. The highest BCUT2D eigenvalue weighted by atomic mass is 35.5. The molecule has 7 heteroatoms. The highest BCUT2D eigenvalue weighted by molar-refractivity contribution is 6.30. The molecule has 1 aromatic carbocycles. The molecule has 1 aliphatic carbocycles. The molecular formula is C25H23ClN4O2. The fraction of sp³-hybridized carbons (Fsp3) is 0.240. The van der Waals surface area contributed by atoms with Gasteiger partial charge in [0.2, 0.25) is 5.91 Å². The maximum absolute atomic E-state index is 12.8. The second kappa shape index (κ2) is 8.73. The van der Waals surface area contributed by atoms with Crippen molar-refractivity contribution in [2.75, 3.05) is 26.2 Å². The van der Waals surface area contributed by atoms with E-state index in [4.69, 9.17) is 16.6 Å². The lowest BCUT2D eigenvalue weighted by Crippen LogP contribution is -2.50. The molecule has 0 spiro atoms. The van der Waals surface area contributed by atoms with Gasteiger partial charge in [0.25, 0.3) is 0 Å². The third-order valence-corrected chi connectivity index (χ3v) is 6.38. The Bertz CT molecular complexity index is 1190. The maximum Gasteiger partial charge on any atom is 0.227 e. The molecule has 1 aliphatic heterocycles. The first-order valence-electron chi connectivity index (χ1n) is 10.7. The summed E-state index contributed by atoms with van der Waals surface area (Å²) >= 11 is 6.28. The monoisotopic (exact) mass is 446 g/mol. The number of amides is 1. The molecular weight excluding hydrogens is 424 g/mol. The summed E-state index contributed by atoms with van der Waals surface area (Å²) in [5, 5.41) is 12.2. The third kappa shape index (κ3) is 4.11. The van der Waals surface area contributed by atoms with Crippen LogP contribution in [0.4, 0.5) is 0 Å². The standard InChI is InChI=1S/C25H23ClN4O2/c26-21-7-8-22-20(16-21)6-5-19-4-1-9-27-24(19)25(22)29-13-11-28(12-14-29)23(31)15-18-3-2-10-30(32)17-18/h1-10,16-17,25H,11-15H2. The van der Waals surface area contributed by atoms with E-state index in [2.05, 4.69) is 29.2 Å². The number of nitrogens with zero attached hydrogens (tertiary/aromatic N) is 4. The van der Waals surface area contributed by atoms with Crippen molar-refractivity contribution in [1.29, 1.82) is 0 Å². The number of carbonyl (C=O) groups excluding carboxylic acids is 1. The Balaban J connectivity index is 1.36. The molecule has 1 amide bonds. The van der Waals surface area contributed by atoms with Gasteiger partial charge in [0.15, 0.2) is 12.4 Å². The molecule has 3 heterocycles. The van der Waals surface area contributed by atoms with Gasteiger partial charge in [-0.2, -0.15) is 4.73 Å². The Morgan fingerprint density at radius 2 is 1.91 bits per heavy atom. The van der Waals surface area contributed by atoms with Crippen molar-refractivity contribution in [3.63, 3.8) is 0 Å². The van der Waals surface area contributed by atoms with E-state index in [0.29, 0.717) is 18.1 Å². The van der Waals surface area contributed by atoms with E-state index in [1.54, 1.807) is 6.07 Å². The number of hydrogen-bond acceptors (Lipinski definition) is 4. The first kappa shape index (κ1) is 20.7. The predicted molar refractivity (Wildman–Crippen MR) is 124 cm³/mol. The molecule has 2 aromatic heterocycles. The van der Waals surface area contributed by atoms with Gasteiger partial charge >= 0.3 is 0 Å². The van der Waals surface area contributed by atoms with Gasteiger partial charge in [0.1, 0.15) is 0 Å². The van der Waals surface area contributed by atoms with Crippen LogP contribution in [0.2, 0.25) is 5.02 Å². The topological polar surface area (TPSA) is 63.4 Å². The first-order chi connectivity index (χ1) is 15.6. The zero-order chi connectivity index (χ0) is 22.1. The molecule has 5 rings (SSSR count). The molecule has 0 bridgehead atoms. The van der Waals surface area contributed by atoms with Crippen molar-refractivity contribution in [1.82, 2.24) is 14.8 Å². The first-order valence-corrected chi connectivity index (χ1v) is 11.1. The summed E-state index contributed by atoms with van der Waals surface area (Å²) in [7, 11) is 0. The average Bonchev–Trinajstić information content (AvgIpc) is 2.96. The van der Waals surface area contributed by atoms with Crippen LogP contribution in [0.5, 0.6) is 0 Å². The van der Waals surface area contributed by atoms with Crippen molar-refractivity contribution in [3.8, 4) is 0 Å². The van der Waals surface area contributed by atoms with Crippen LogP contribution in [0.25, 0.3) is 12.2 Å². The van der Waals surface area contributed by atoms with Crippen LogP contribution in [0.1, 0.15) is 34.0 Å². The zero-order valence-corrected chi connectivity index (χ0v) is 18.3. The van der Waals surface area contributed by atoms with E-state index in [9.17, 15) is 10.0 Å². The van der Waals surface area contributed by atoms with Gasteiger partial charge in [0.05, 0.1) is 18.2 Å². The van der Waals surface area contributed by atoms with E-state index >= 15 is 0 Å². The van der Waals surface area contributed by atoms with Gasteiger partial charge in [-0.25, -0.2) is 0 Å². The minimum atomic E-state index is -0.000682. The number of pyridine rings is 2. The molecule has 162 valence electrons. The highest BCUT2D eigenvalue weighted by Gasteiger charge is 2.32. The van der Waals surface area contributed by atoms with E-state index in [0.717, 1.165) is 40.2 Å². The Labute approximate surface area is 192 Å². The summed E-state index contributed by atoms with van der Waals surface area (Å²) in [6.07, 6.45) is 9.15. The number of rotatable bonds is 3. The van der Waals surface area contributed by atoms with Crippen LogP contribution >= 0.6 is 11.6 Å². The SMILES string of the molecule is O=C(Cc1ccc[n+]([O-])c1)N1CCN(C2c3ccc(Cl)cc3C=Cc3cccnc32)CC1. The van der Waals surface area contributed by atoms with Crippen LogP contribution in [0.15, 0.2) is 61.1 Å². The predicted octanol–water partition coefficient (Wildman–Crippen LogP) is 3.33. The Kier molecular flexibility index (Phi) is 5.64. The van der Waals surface area contributed by atoms with Crippen LogP contribution in [0.3, 0.4) is 0 Å². The Hall–Kier alpha value is -3.22. The fourth-order valence-corrected chi connectivity index (χ4v) is 4.74. The van der Waals surface area contributed by atoms with Gasteiger partial charge in [-0.05, 0) is 41.0 Å². The molecule has 2 aliphatic rings. The van der Waals surface area contributed by atoms with Crippen molar-refractivity contribution in [2.24, 2.45) is 0 Å². The molecule has 0 saturated carbocycles. The fourth-order valence-electron chi connectivity index (χ4n) is 4.56. The molecule has 1 atom stereocenters. The molecule has 3 aromatic rings. The number of halogens is 1. The second-order valence-electron chi connectivity index (χ2n) is 8.15. The molecule has 6 nitrogen and oxygen atoms in total. The maximum atomic E-state index is 12.8. The number of hydrogen-bond donors (Lipinski definition) is 0. The van der Waals surface area contributed by atoms with Crippen molar-refractivity contribution >= 4 is 29.7 Å². The summed E-state index contributed by atoms with van der Waals surface area (Å²) in [5.41, 5.74) is 5.11. The second-order valence-corrected chi connectivity index (χ2v) is 8.59. The number of benzene rings is 1. The largest absolute Gasteiger partial charge is 0.619 e. The quantitative estimate of drug-likeness (QED) is 0.457. The zero-order valence-electron chi connectivity index (χ0n) is 17.5. The minimum Gasteiger partial charge on any atom is -0.619 e. The molecule has 1 unspecified atom stereocenters. The summed E-state index contributed by atoms with van der Waals surface area (Å²) < 4.78 is 0.731. The van der Waals surface area contributed by atoms with Crippen LogP contribution in [-0.4, -0.2) is 46.9 Å². The lowest BCUT2D eigenvalue weighted by molar-refractivity contribution is -0.605. The van der Waals surface area contributed by atoms with Crippen molar-refractivity contribution in [2.45, 2.75) is 12.5 Å². The highest BCUT2D eigenvalue weighted by Crippen LogP contribution is 2.37. The lowest BCUT2D eigenvalue weighted by Gasteiger charge is -2.39. The average molecular weight is 447 g/mol. The van der Waals surface area contributed by atoms with Gasteiger partial charge in [0, 0.05) is 49.0 Å². The summed E-state index contributed by atoms with van der Waals surface area (Å²) in [6.45, 7) is 2.76. The van der Waals surface area contributed by atoms with Gasteiger partial charge in [-0.3, -0.25) is 14.7 Å². The number of aromatic nitrogens is 2. The Morgan fingerprint density at radius 1 is 1.09 bits per heavy atom. The van der Waals surface area contributed by atoms with Crippen molar-refractivity contribution < 1.29 is 9.52 Å². The van der Waals surface area contributed by atoms with E-state index < -0.39 is 0 Å². The van der Waals surface area contributed by atoms with E-state index in [-0.39, 0.29) is 18.4 Å². The van der Waals surface area contributed by atoms with Gasteiger partial charge in [-0.1, -0.05) is 35.9 Å². The normalized spacial score (nSPS) is 18.0. The number of fused-ring (bicyclic) bond motifs is 2. The summed E-state index contributed by atoms with van der Waals surface area (Å²) in [6, 6.07) is 13.5. The van der Waals surface area contributed by atoms with Gasteiger partial charge < -0.3 is 10.1 Å². The van der Waals surface area contributed by atoms with E-state index in [1.807, 2.05) is 35.4 Å². The number of carbonyl (C=O) groups is 1. The van der Waals surface area contributed by atoms with Crippen molar-refractivity contribution in [3.05, 3.63) is 99.2 Å². The molecule has 0 radical (unpaired) electrons. The molecule has 1 saturated heterocycles. The van der Waals surface area contributed by atoms with E-state index in [1.165, 1.54) is 18.0 Å². The molecule has 32 heavy (non-hydrogen) atoms. The molecule has 0 N–H and O–H groups in total. The van der Waals surface area contributed by atoms with Crippen LogP contribution in [0, 0.1) is 5.21 Å².